The van der Waals surface area contributed by atoms with Crippen LogP contribution < -0.4 is 14.8 Å². The zero-order valence-corrected chi connectivity index (χ0v) is 16.1. The first-order valence-corrected chi connectivity index (χ1v) is 8.84. The molecule has 0 aliphatic rings. The summed E-state index contributed by atoms with van der Waals surface area (Å²) in [5.74, 6) is 0.393. The first-order chi connectivity index (χ1) is 13.5. The zero-order chi connectivity index (χ0) is 20.1. The molecule has 28 heavy (non-hydrogen) atoms. The van der Waals surface area contributed by atoms with Crippen molar-refractivity contribution in [1.29, 1.82) is 0 Å². The molecule has 142 valence electrons. The molecule has 0 heterocycles. The Morgan fingerprint density at radius 3 is 2.11 bits per heavy atom. The third-order valence-electron chi connectivity index (χ3n) is 4.16. The van der Waals surface area contributed by atoms with E-state index in [1.54, 1.807) is 66.7 Å². The number of carbonyl (C=O) groups excluding carboxylic acids is 2. The Labute approximate surface area is 167 Å². The maximum atomic E-state index is 12.9. The SMILES string of the molecule is COc1ccc(NC(=O)c2ccccc2C(=O)c2ccc(Cl)cc2)cc1OC. The Balaban J connectivity index is 1.89. The van der Waals surface area contributed by atoms with Crippen molar-refractivity contribution in [2.45, 2.75) is 0 Å². The number of ketones is 1. The van der Waals surface area contributed by atoms with Gasteiger partial charge in [-0.2, -0.15) is 0 Å². The highest BCUT2D eigenvalue weighted by Crippen LogP contribution is 2.30. The van der Waals surface area contributed by atoms with Crippen LogP contribution in [-0.4, -0.2) is 25.9 Å². The zero-order valence-electron chi connectivity index (χ0n) is 15.4. The van der Waals surface area contributed by atoms with Crippen molar-refractivity contribution in [3.8, 4) is 11.5 Å². The van der Waals surface area contributed by atoms with Gasteiger partial charge in [-0.1, -0.05) is 29.8 Å². The van der Waals surface area contributed by atoms with Crippen LogP contribution in [0.4, 0.5) is 5.69 Å². The Morgan fingerprint density at radius 1 is 0.821 bits per heavy atom. The highest BCUT2D eigenvalue weighted by molar-refractivity contribution is 6.30. The van der Waals surface area contributed by atoms with Gasteiger partial charge in [0.25, 0.3) is 5.91 Å². The van der Waals surface area contributed by atoms with Crippen molar-refractivity contribution >= 4 is 29.0 Å². The fraction of sp³-hybridized carbons (Fsp3) is 0.0909. The van der Waals surface area contributed by atoms with Gasteiger partial charge in [0.05, 0.1) is 19.8 Å². The molecular formula is C22H18ClNO4. The molecule has 1 N–H and O–H groups in total. The Hall–Kier alpha value is -3.31. The standard InChI is InChI=1S/C22H18ClNO4/c1-27-19-12-11-16(13-20(19)28-2)24-22(26)18-6-4-3-5-17(18)21(25)14-7-9-15(23)10-8-14/h3-13H,1-2H3,(H,24,26). The van der Waals surface area contributed by atoms with E-state index in [1.165, 1.54) is 14.2 Å². The lowest BCUT2D eigenvalue weighted by molar-refractivity contribution is 0.0996. The molecule has 0 aromatic heterocycles. The van der Waals surface area contributed by atoms with E-state index in [4.69, 9.17) is 21.1 Å². The number of hydrogen-bond acceptors (Lipinski definition) is 4. The van der Waals surface area contributed by atoms with Crippen molar-refractivity contribution in [3.05, 3.63) is 88.4 Å². The summed E-state index contributed by atoms with van der Waals surface area (Å²) in [6.45, 7) is 0. The van der Waals surface area contributed by atoms with Crippen LogP contribution in [0.5, 0.6) is 11.5 Å². The molecule has 0 atom stereocenters. The van der Waals surface area contributed by atoms with Crippen LogP contribution in [0.3, 0.4) is 0 Å². The minimum absolute atomic E-state index is 0.255. The predicted molar refractivity (Wildman–Crippen MR) is 109 cm³/mol. The molecule has 6 heteroatoms. The molecule has 0 spiro atoms. The van der Waals surface area contributed by atoms with E-state index in [-0.39, 0.29) is 11.3 Å². The number of benzene rings is 3. The number of rotatable bonds is 6. The van der Waals surface area contributed by atoms with Gasteiger partial charge in [-0.15, -0.1) is 0 Å². The number of halogens is 1. The Kier molecular flexibility index (Phi) is 5.96. The highest BCUT2D eigenvalue weighted by atomic mass is 35.5. The minimum Gasteiger partial charge on any atom is -0.493 e. The van der Waals surface area contributed by atoms with E-state index < -0.39 is 5.91 Å². The quantitative estimate of drug-likeness (QED) is 0.606. The second kappa shape index (κ2) is 8.59. The average Bonchev–Trinajstić information content (AvgIpc) is 2.73. The van der Waals surface area contributed by atoms with Crippen molar-refractivity contribution in [2.75, 3.05) is 19.5 Å². The summed E-state index contributed by atoms with van der Waals surface area (Å²) in [6, 6.07) is 18.3. The van der Waals surface area contributed by atoms with Gasteiger partial charge < -0.3 is 14.8 Å². The molecule has 1 amide bonds. The van der Waals surface area contributed by atoms with Crippen molar-refractivity contribution < 1.29 is 19.1 Å². The van der Waals surface area contributed by atoms with E-state index in [9.17, 15) is 9.59 Å². The number of hydrogen-bond donors (Lipinski definition) is 1. The van der Waals surface area contributed by atoms with Gasteiger partial charge in [-0.3, -0.25) is 9.59 Å². The maximum absolute atomic E-state index is 12.9. The lowest BCUT2D eigenvalue weighted by Crippen LogP contribution is -2.17. The average molecular weight is 396 g/mol. The van der Waals surface area contributed by atoms with Crippen LogP contribution in [0.2, 0.25) is 5.02 Å². The van der Waals surface area contributed by atoms with Crippen LogP contribution in [0.25, 0.3) is 0 Å². The van der Waals surface area contributed by atoms with Gasteiger partial charge >= 0.3 is 0 Å². The van der Waals surface area contributed by atoms with Crippen LogP contribution in [-0.2, 0) is 0 Å². The monoisotopic (exact) mass is 395 g/mol. The molecule has 3 aromatic rings. The number of nitrogens with one attached hydrogen (secondary N) is 1. The van der Waals surface area contributed by atoms with Crippen LogP contribution in [0, 0.1) is 0 Å². The summed E-state index contributed by atoms with van der Waals surface area (Å²) in [5.41, 5.74) is 1.56. The van der Waals surface area contributed by atoms with E-state index in [1.807, 2.05) is 0 Å². The number of amides is 1. The summed E-state index contributed by atoms with van der Waals surface area (Å²) in [6.07, 6.45) is 0. The second-order valence-electron chi connectivity index (χ2n) is 5.91. The fourth-order valence-electron chi connectivity index (χ4n) is 2.75. The molecule has 0 saturated heterocycles. The molecule has 0 radical (unpaired) electrons. The predicted octanol–water partition coefficient (Wildman–Crippen LogP) is 4.84. The van der Waals surface area contributed by atoms with Crippen molar-refractivity contribution in [3.63, 3.8) is 0 Å². The smallest absolute Gasteiger partial charge is 0.256 e. The molecule has 0 fully saturated rings. The van der Waals surface area contributed by atoms with Gasteiger partial charge in [-0.05, 0) is 42.5 Å². The van der Waals surface area contributed by atoms with E-state index in [0.717, 1.165) is 0 Å². The normalized spacial score (nSPS) is 10.2. The van der Waals surface area contributed by atoms with Gasteiger partial charge in [0.1, 0.15) is 0 Å². The lowest BCUT2D eigenvalue weighted by atomic mass is 9.98. The second-order valence-corrected chi connectivity index (χ2v) is 6.34. The number of ether oxygens (including phenoxy) is 2. The highest BCUT2D eigenvalue weighted by Gasteiger charge is 2.18. The number of anilines is 1. The summed E-state index contributed by atoms with van der Waals surface area (Å²) < 4.78 is 10.4. The third kappa shape index (κ3) is 4.15. The molecule has 0 aliphatic carbocycles. The molecule has 3 aromatic carbocycles. The molecular weight excluding hydrogens is 378 g/mol. The van der Waals surface area contributed by atoms with Gasteiger partial charge in [0.15, 0.2) is 17.3 Å². The van der Waals surface area contributed by atoms with E-state index in [0.29, 0.717) is 33.3 Å². The Morgan fingerprint density at radius 2 is 1.46 bits per heavy atom. The molecule has 0 unspecified atom stereocenters. The number of methoxy groups -OCH3 is 2. The third-order valence-corrected chi connectivity index (χ3v) is 4.42. The summed E-state index contributed by atoms with van der Waals surface area (Å²) >= 11 is 5.89. The van der Waals surface area contributed by atoms with Crippen LogP contribution >= 0.6 is 11.6 Å². The fourth-order valence-corrected chi connectivity index (χ4v) is 2.87. The van der Waals surface area contributed by atoms with Crippen LogP contribution in [0.15, 0.2) is 66.7 Å². The first kappa shape index (κ1) is 19.5. The van der Waals surface area contributed by atoms with Gasteiger partial charge in [-0.25, -0.2) is 0 Å². The Bertz CT molecular complexity index is 1020. The minimum atomic E-state index is -0.398. The van der Waals surface area contributed by atoms with Gasteiger partial charge in [0, 0.05) is 27.9 Å². The first-order valence-electron chi connectivity index (χ1n) is 8.46. The molecule has 0 bridgehead atoms. The molecule has 3 rings (SSSR count). The molecule has 5 nitrogen and oxygen atoms in total. The van der Waals surface area contributed by atoms with Crippen LogP contribution in [0.1, 0.15) is 26.3 Å². The number of carbonyl (C=O) groups is 2. The molecule has 0 aliphatic heterocycles. The van der Waals surface area contributed by atoms with Crippen molar-refractivity contribution in [1.82, 2.24) is 0 Å². The van der Waals surface area contributed by atoms with E-state index >= 15 is 0 Å². The van der Waals surface area contributed by atoms with Crippen molar-refractivity contribution in [2.24, 2.45) is 0 Å². The lowest BCUT2D eigenvalue weighted by Gasteiger charge is -2.12. The van der Waals surface area contributed by atoms with E-state index in [2.05, 4.69) is 5.32 Å². The summed E-state index contributed by atoms with van der Waals surface area (Å²) in [5, 5.41) is 3.33. The molecule has 0 saturated carbocycles. The van der Waals surface area contributed by atoms with Gasteiger partial charge in [0.2, 0.25) is 0 Å². The largest absolute Gasteiger partial charge is 0.493 e. The summed E-state index contributed by atoms with van der Waals surface area (Å²) in [4.78, 5) is 25.7. The maximum Gasteiger partial charge on any atom is 0.256 e. The topological polar surface area (TPSA) is 64.6 Å². The summed E-state index contributed by atoms with van der Waals surface area (Å²) in [7, 11) is 3.05.